The maximum Gasteiger partial charge on any atom is 0.239 e. The fourth-order valence-electron chi connectivity index (χ4n) is 5.73. The molecule has 0 saturated heterocycles. The Morgan fingerprint density at radius 3 is 2.38 bits per heavy atom. The molecule has 1 atom stereocenters. The van der Waals surface area contributed by atoms with Crippen LogP contribution in [0.5, 0.6) is 0 Å². The number of para-hydroxylation sites is 2. The molecule has 0 spiro atoms. The van der Waals surface area contributed by atoms with Gasteiger partial charge < -0.3 is 20.4 Å². The van der Waals surface area contributed by atoms with Crippen molar-refractivity contribution in [1.82, 2.24) is 5.32 Å². The smallest absolute Gasteiger partial charge is 0.239 e. The lowest BCUT2D eigenvalue weighted by atomic mass is 9.73. The van der Waals surface area contributed by atoms with Crippen molar-refractivity contribution in [3.63, 3.8) is 0 Å². The first-order valence-electron chi connectivity index (χ1n) is 13.7. The molecule has 0 bridgehead atoms. The van der Waals surface area contributed by atoms with Gasteiger partial charge in [0.05, 0.1) is 24.0 Å². The number of hydrogen-bond acceptors (Lipinski definition) is 5. The summed E-state index contributed by atoms with van der Waals surface area (Å²) in [6.07, 6.45) is 2.02. The summed E-state index contributed by atoms with van der Waals surface area (Å²) in [6.45, 7) is 4.98. The third-order valence-corrected chi connectivity index (χ3v) is 7.62. The van der Waals surface area contributed by atoms with Crippen molar-refractivity contribution in [2.24, 2.45) is 5.41 Å². The quantitative estimate of drug-likeness (QED) is 0.415. The van der Waals surface area contributed by atoms with Crippen molar-refractivity contribution < 1.29 is 9.59 Å². The molecule has 5 rings (SSSR count). The molecule has 1 aliphatic carbocycles. The van der Waals surface area contributed by atoms with Gasteiger partial charge in [0.1, 0.15) is 0 Å². The van der Waals surface area contributed by atoms with Crippen LogP contribution in [0.2, 0.25) is 0 Å². The van der Waals surface area contributed by atoms with E-state index in [2.05, 4.69) is 70.7 Å². The third kappa shape index (κ3) is 5.85. The topological polar surface area (TPSA) is 64.7 Å². The number of carbonyl (C=O) groups is 2. The Hall–Kier alpha value is -4.06. The molecule has 6 heteroatoms. The molecule has 1 amide bonds. The second-order valence-corrected chi connectivity index (χ2v) is 11.6. The van der Waals surface area contributed by atoms with Crippen LogP contribution in [0.25, 0.3) is 0 Å². The minimum Gasteiger partial charge on any atom is -0.378 e. The monoisotopic (exact) mass is 522 g/mol. The van der Waals surface area contributed by atoms with Crippen molar-refractivity contribution in [2.45, 2.75) is 39.2 Å². The van der Waals surface area contributed by atoms with Crippen molar-refractivity contribution in [3.05, 3.63) is 101 Å². The fourth-order valence-corrected chi connectivity index (χ4v) is 5.73. The predicted octanol–water partition coefficient (Wildman–Crippen LogP) is 5.73. The molecule has 0 radical (unpaired) electrons. The van der Waals surface area contributed by atoms with E-state index in [9.17, 15) is 9.59 Å². The molecular formula is C33H38N4O2. The lowest BCUT2D eigenvalue weighted by Crippen LogP contribution is -2.42. The van der Waals surface area contributed by atoms with Crippen LogP contribution < -0.4 is 20.4 Å². The van der Waals surface area contributed by atoms with Crippen LogP contribution in [0.4, 0.5) is 17.1 Å². The highest BCUT2D eigenvalue weighted by atomic mass is 16.2. The van der Waals surface area contributed by atoms with Gasteiger partial charge in [0.2, 0.25) is 5.91 Å². The summed E-state index contributed by atoms with van der Waals surface area (Å²) in [4.78, 5) is 31.4. The van der Waals surface area contributed by atoms with Gasteiger partial charge in [-0.1, -0.05) is 68.4 Å². The predicted molar refractivity (Wildman–Crippen MR) is 159 cm³/mol. The Bertz CT molecular complexity index is 1380. The zero-order chi connectivity index (χ0) is 27.6. The van der Waals surface area contributed by atoms with E-state index in [4.69, 9.17) is 0 Å². The van der Waals surface area contributed by atoms with Gasteiger partial charge in [-0.25, -0.2) is 0 Å². The van der Waals surface area contributed by atoms with Gasteiger partial charge in [0.15, 0.2) is 5.78 Å². The number of fused-ring (bicyclic) bond motifs is 1. The number of Topliss-reactive ketones (excluding diaryl/α,β-unsaturated/α-hetero) is 1. The number of anilines is 3. The Labute approximate surface area is 231 Å². The number of ketones is 1. The van der Waals surface area contributed by atoms with E-state index < -0.39 is 0 Å². The molecular weight excluding hydrogens is 484 g/mol. The SMILES string of the molecule is CN(C)c1ccc(C2C3=C(CC(C)(C)CC3=O)Nc3ccccc3N2CC(=O)NCCc2ccccc2)cc1. The molecule has 0 fully saturated rings. The standard InChI is InChI=1S/C33H38N4O2/c1-33(2)20-27-31(29(38)21-33)32(24-14-16-25(17-15-24)36(3)4)37(28-13-9-8-12-26(28)35-27)22-30(39)34-19-18-23-10-6-5-7-11-23/h5-17,32,35H,18-22H2,1-4H3,(H,34,39). The van der Waals surface area contributed by atoms with Crippen LogP contribution in [0.1, 0.15) is 43.9 Å². The van der Waals surface area contributed by atoms with Gasteiger partial charge >= 0.3 is 0 Å². The van der Waals surface area contributed by atoms with E-state index in [0.29, 0.717) is 13.0 Å². The van der Waals surface area contributed by atoms with E-state index in [0.717, 1.165) is 46.7 Å². The average molecular weight is 523 g/mol. The minimum atomic E-state index is -0.379. The Balaban J connectivity index is 1.53. The Kier molecular flexibility index (Phi) is 7.47. The number of nitrogens with one attached hydrogen (secondary N) is 2. The van der Waals surface area contributed by atoms with Crippen molar-refractivity contribution in [1.29, 1.82) is 0 Å². The molecule has 1 heterocycles. The normalized spacial score (nSPS) is 18.0. The molecule has 2 N–H and O–H groups in total. The summed E-state index contributed by atoms with van der Waals surface area (Å²) in [5.74, 6) is 0.0704. The van der Waals surface area contributed by atoms with E-state index in [-0.39, 0.29) is 29.7 Å². The number of nitrogens with zero attached hydrogens (tertiary/aromatic N) is 2. The number of amides is 1. The van der Waals surface area contributed by atoms with Gasteiger partial charge in [-0.3, -0.25) is 9.59 Å². The first kappa shape index (κ1) is 26.5. The molecule has 6 nitrogen and oxygen atoms in total. The van der Waals surface area contributed by atoms with Crippen LogP contribution in [0.3, 0.4) is 0 Å². The first-order chi connectivity index (χ1) is 18.7. The van der Waals surface area contributed by atoms with Gasteiger partial charge in [-0.2, -0.15) is 0 Å². The van der Waals surface area contributed by atoms with E-state index in [1.54, 1.807) is 0 Å². The Morgan fingerprint density at radius 1 is 0.974 bits per heavy atom. The number of rotatable bonds is 7. The van der Waals surface area contributed by atoms with E-state index >= 15 is 0 Å². The summed E-state index contributed by atoms with van der Waals surface area (Å²) in [5.41, 5.74) is 6.68. The van der Waals surface area contributed by atoms with Crippen molar-refractivity contribution >= 4 is 28.8 Å². The molecule has 202 valence electrons. The maximum absolute atomic E-state index is 13.8. The molecule has 3 aromatic carbocycles. The van der Waals surface area contributed by atoms with Gasteiger partial charge in [0.25, 0.3) is 0 Å². The fraction of sp³-hybridized carbons (Fsp3) is 0.333. The minimum absolute atomic E-state index is 0.0664. The number of carbonyl (C=O) groups excluding carboxylic acids is 2. The van der Waals surface area contributed by atoms with Crippen LogP contribution >= 0.6 is 0 Å². The van der Waals surface area contributed by atoms with Gasteiger partial charge in [-0.15, -0.1) is 0 Å². The van der Waals surface area contributed by atoms with E-state index in [1.165, 1.54) is 5.56 Å². The molecule has 0 aromatic heterocycles. The Morgan fingerprint density at radius 2 is 1.67 bits per heavy atom. The summed E-state index contributed by atoms with van der Waals surface area (Å²) >= 11 is 0. The summed E-state index contributed by atoms with van der Waals surface area (Å²) in [6, 6.07) is 26.2. The largest absolute Gasteiger partial charge is 0.378 e. The second-order valence-electron chi connectivity index (χ2n) is 11.6. The molecule has 1 unspecified atom stereocenters. The zero-order valence-corrected chi connectivity index (χ0v) is 23.3. The molecule has 0 saturated carbocycles. The van der Waals surface area contributed by atoms with Gasteiger partial charge in [0, 0.05) is 44.0 Å². The highest BCUT2D eigenvalue weighted by Gasteiger charge is 2.41. The maximum atomic E-state index is 13.8. The summed E-state index contributed by atoms with van der Waals surface area (Å²) < 4.78 is 0. The lowest BCUT2D eigenvalue weighted by molar-refractivity contribution is -0.120. The van der Waals surface area contributed by atoms with Gasteiger partial charge in [-0.05, 0) is 53.6 Å². The highest BCUT2D eigenvalue weighted by Crippen LogP contribution is 2.48. The molecule has 39 heavy (non-hydrogen) atoms. The first-order valence-corrected chi connectivity index (χ1v) is 13.7. The van der Waals surface area contributed by atoms with Crippen LogP contribution in [0.15, 0.2) is 90.1 Å². The molecule has 2 aliphatic rings. The highest BCUT2D eigenvalue weighted by molar-refractivity contribution is 6.02. The van der Waals surface area contributed by atoms with Crippen LogP contribution in [-0.4, -0.2) is 38.9 Å². The summed E-state index contributed by atoms with van der Waals surface area (Å²) in [5, 5.41) is 6.74. The number of benzene rings is 3. The second kappa shape index (κ2) is 11.0. The van der Waals surface area contributed by atoms with Crippen molar-refractivity contribution in [3.8, 4) is 0 Å². The lowest BCUT2D eigenvalue weighted by Gasteiger charge is -2.38. The van der Waals surface area contributed by atoms with E-state index in [1.807, 2.05) is 56.6 Å². The summed E-state index contributed by atoms with van der Waals surface area (Å²) in [7, 11) is 4.03. The average Bonchev–Trinajstić information content (AvgIpc) is 3.03. The molecule has 1 aliphatic heterocycles. The number of hydrogen-bond donors (Lipinski definition) is 2. The zero-order valence-electron chi connectivity index (χ0n) is 23.3. The third-order valence-electron chi connectivity index (χ3n) is 7.62. The van der Waals surface area contributed by atoms with Crippen LogP contribution in [-0.2, 0) is 16.0 Å². The van der Waals surface area contributed by atoms with Crippen LogP contribution in [0, 0.1) is 5.41 Å². The number of allylic oxidation sites excluding steroid dienone is 1. The molecule has 3 aromatic rings. The van der Waals surface area contributed by atoms with Crippen molar-refractivity contribution in [2.75, 3.05) is 42.3 Å².